The molecule has 1 aliphatic heterocycles. The summed E-state index contributed by atoms with van der Waals surface area (Å²) in [4.78, 5) is 12.1. The van der Waals surface area contributed by atoms with E-state index in [4.69, 9.17) is 0 Å². The lowest BCUT2D eigenvalue weighted by molar-refractivity contribution is -0.122. The number of halogens is 1. The van der Waals surface area contributed by atoms with Gasteiger partial charge < -0.3 is 10.6 Å². The molecule has 2 rings (SSSR count). The molecule has 2 aliphatic rings. The van der Waals surface area contributed by atoms with Gasteiger partial charge in [0.1, 0.15) is 0 Å². The Balaban J connectivity index is 0.00000220. The molecule has 7 heteroatoms. The Morgan fingerprint density at radius 3 is 2.90 bits per heavy atom. The van der Waals surface area contributed by atoms with E-state index in [-0.39, 0.29) is 29.6 Å². The molecular formula is C14H27ClN2O2S2. The zero-order valence-electron chi connectivity index (χ0n) is 12.6. The molecule has 2 N–H and O–H groups in total. The average Bonchev–Trinajstić information content (AvgIpc) is 2.47. The van der Waals surface area contributed by atoms with Crippen molar-refractivity contribution in [2.45, 2.75) is 56.4 Å². The summed E-state index contributed by atoms with van der Waals surface area (Å²) in [6, 6.07) is 0.547. The largest absolute Gasteiger partial charge is 0.353 e. The van der Waals surface area contributed by atoms with Crippen molar-refractivity contribution in [1.82, 2.24) is 10.6 Å². The van der Waals surface area contributed by atoms with Gasteiger partial charge in [-0.05, 0) is 19.3 Å². The van der Waals surface area contributed by atoms with E-state index in [1.54, 1.807) is 0 Å². The molecule has 4 nitrogen and oxygen atoms in total. The number of hydrogen-bond donors (Lipinski definition) is 2. The van der Waals surface area contributed by atoms with Crippen LogP contribution in [0, 0.1) is 0 Å². The Morgan fingerprint density at radius 2 is 2.24 bits per heavy atom. The molecule has 0 aromatic rings. The predicted molar refractivity (Wildman–Crippen MR) is 93.9 cm³/mol. The first kappa shape index (κ1) is 19.3. The van der Waals surface area contributed by atoms with Gasteiger partial charge >= 0.3 is 0 Å². The zero-order valence-corrected chi connectivity index (χ0v) is 15.1. The monoisotopic (exact) mass is 354 g/mol. The smallest absolute Gasteiger partial charge is 0.221 e. The number of rotatable bonds is 5. The molecule has 1 saturated carbocycles. The van der Waals surface area contributed by atoms with Crippen molar-refractivity contribution in [2.75, 3.05) is 23.8 Å². The van der Waals surface area contributed by atoms with Crippen LogP contribution in [0.3, 0.4) is 0 Å². The maximum Gasteiger partial charge on any atom is 0.221 e. The third-order valence-corrected chi connectivity index (χ3v) is 6.95. The molecule has 0 aromatic carbocycles. The molecule has 21 heavy (non-hydrogen) atoms. The van der Waals surface area contributed by atoms with Crippen LogP contribution in [0.4, 0.5) is 0 Å². The first-order valence-electron chi connectivity index (χ1n) is 7.66. The second kappa shape index (κ2) is 10.1. The highest BCUT2D eigenvalue weighted by Gasteiger charge is 2.27. The lowest BCUT2D eigenvalue weighted by Gasteiger charge is -2.30. The van der Waals surface area contributed by atoms with E-state index >= 15 is 0 Å². The highest BCUT2D eigenvalue weighted by molar-refractivity contribution is 7.99. The van der Waals surface area contributed by atoms with Gasteiger partial charge in [0, 0.05) is 58.4 Å². The third-order valence-electron chi connectivity index (χ3n) is 4.08. The van der Waals surface area contributed by atoms with Crippen molar-refractivity contribution in [3.63, 3.8) is 0 Å². The van der Waals surface area contributed by atoms with E-state index in [0.717, 1.165) is 49.5 Å². The predicted octanol–water partition coefficient (Wildman–Crippen LogP) is 1.70. The van der Waals surface area contributed by atoms with Gasteiger partial charge in [-0.3, -0.25) is 9.00 Å². The topological polar surface area (TPSA) is 58.2 Å². The van der Waals surface area contributed by atoms with Gasteiger partial charge in [0.25, 0.3) is 0 Å². The Hall–Kier alpha value is 0.220. The molecular weight excluding hydrogens is 328 g/mol. The van der Waals surface area contributed by atoms with Gasteiger partial charge in [-0.25, -0.2) is 0 Å². The summed E-state index contributed by atoms with van der Waals surface area (Å²) >= 11 is 1.92. The fourth-order valence-electron chi connectivity index (χ4n) is 3.01. The van der Waals surface area contributed by atoms with Crippen molar-refractivity contribution in [2.24, 2.45) is 0 Å². The highest BCUT2D eigenvalue weighted by atomic mass is 35.5. The fraction of sp³-hybridized carbons (Fsp3) is 0.929. The summed E-state index contributed by atoms with van der Waals surface area (Å²) in [6.07, 6.45) is 4.63. The van der Waals surface area contributed by atoms with Crippen molar-refractivity contribution < 1.29 is 9.00 Å². The van der Waals surface area contributed by atoms with Crippen LogP contribution < -0.4 is 10.6 Å². The van der Waals surface area contributed by atoms with Crippen molar-refractivity contribution in [3.8, 4) is 0 Å². The van der Waals surface area contributed by atoms with Crippen LogP contribution in [0.25, 0.3) is 0 Å². The van der Waals surface area contributed by atoms with Crippen LogP contribution in [-0.2, 0) is 15.6 Å². The van der Waals surface area contributed by atoms with Crippen LogP contribution in [0.5, 0.6) is 0 Å². The minimum atomic E-state index is -0.722. The van der Waals surface area contributed by atoms with Gasteiger partial charge in [0.15, 0.2) is 0 Å². The third kappa shape index (κ3) is 6.47. The Morgan fingerprint density at radius 1 is 1.43 bits per heavy atom. The fourth-order valence-corrected chi connectivity index (χ4v) is 5.31. The first-order chi connectivity index (χ1) is 9.69. The van der Waals surface area contributed by atoms with Crippen LogP contribution in [0.2, 0.25) is 0 Å². The molecule has 2 fully saturated rings. The van der Waals surface area contributed by atoms with E-state index in [9.17, 15) is 9.00 Å². The average molecular weight is 355 g/mol. The van der Waals surface area contributed by atoms with Crippen LogP contribution >= 0.6 is 24.2 Å². The summed E-state index contributed by atoms with van der Waals surface area (Å²) in [6.45, 7) is 2.98. The molecule has 0 aromatic heterocycles. The van der Waals surface area contributed by atoms with Gasteiger partial charge in [-0.15, -0.1) is 12.4 Å². The Labute approximate surface area is 140 Å². The maximum absolute atomic E-state index is 12.1. The molecule has 0 bridgehead atoms. The second-order valence-corrected chi connectivity index (χ2v) is 8.81. The summed E-state index contributed by atoms with van der Waals surface area (Å²) in [7, 11) is -0.722. The molecule has 0 spiro atoms. The normalized spacial score (nSPS) is 31.0. The van der Waals surface area contributed by atoms with Crippen LogP contribution in [-0.4, -0.2) is 51.3 Å². The van der Waals surface area contributed by atoms with E-state index in [0.29, 0.717) is 12.5 Å². The minimum Gasteiger partial charge on any atom is -0.353 e. The minimum absolute atomic E-state index is 0. The van der Waals surface area contributed by atoms with E-state index in [1.807, 2.05) is 18.7 Å². The quantitative estimate of drug-likeness (QED) is 0.789. The molecule has 1 amide bonds. The lowest BCUT2D eigenvalue weighted by Crippen LogP contribution is -2.45. The first-order valence-corrected chi connectivity index (χ1v) is 10.2. The lowest BCUT2D eigenvalue weighted by atomic mass is 9.94. The van der Waals surface area contributed by atoms with E-state index < -0.39 is 10.8 Å². The Kier molecular flexibility index (Phi) is 9.25. The standard InChI is InChI=1S/C14H26N2O2S2.ClH/c1-2-20(18)13-5-3-4-11(8-13)16-14(17)9-12-10-19-7-6-15-12;/h11-13,15H,2-10H2,1H3,(H,16,17);1H. The molecule has 1 heterocycles. The Bertz CT molecular complexity index is 352. The van der Waals surface area contributed by atoms with Gasteiger partial charge in [0.2, 0.25) is 5.91 Å². The number of carbonyl (C=O) groups is 1. The van der Waals surface area contributed by atoms with Gasteiger partial charge in [-0.2, -0.15) is 11.8 Å². The number of amides is 1. The number of carbonyl (C=O) groups excluding carboxylic acids is 1. The van der Waals surface area contributed by atoms with Crippen molar-refractivity contribution in [3.05, 3.63) is 0 Å². The second-order valence-electron chi connectivity index (χ2n) is 5.65. The number of hydrogen-bond acceptors (Lipinski definition) is 4. The van der Waals surface area contributed by atoms with E-state index in [1.165, 1.54) is 0 Å². The van der Waals surface area contributed by atoms with Crippen LogP contribution in [0.1, 0.15) is 39.0 Å². The summed E-state index contributed by atoms with van der Waals surface area (Å²) in [5.41, 5.74) is 0. The molecule has 124 valence electrons. The highest BCUT2D eigenvalue weighted by Crippen LogP contribution is 2.23. The molecule has 1 saturated heterocycles. The van der Waals surface area contributed by atoms with Gasteiger partial charge in [-0.1, -0.05) is 13.3 Å². The molecule has 0 radical (unpaired) electrons. The van der Waals surface area contributed by atoms with Crippen molar-refractivity contribution >= 4 is 40.9 Å². The summed E-state index contributed by atoms with van der Waals surface area (Å²) in [5.74, 6) is 3.05. The van der Waals surface area contributed by atoms with E-state index in [2.05, 4.69) is 10.6 Å². The number of thioether (sulfide) groups is 1. The molecule has 1 aliphatic carbocycles. The maximum atomic E-state index is 12.1. The zero-order chi connectivity index (χ0) is 14.4. The SMILES string of the molecule is CCS(=O)C1CCCC(NC(=O)CC2CSCCN2)C1.Cl. The molecule has 4 unspecified atom stereocenters. The number of nitrogens with one attached hydrogen (secondary N) is 2. The summed E-state index contributed by atoms with van der Waals surface area (Å²) in [5, 5.41) is 6.83. The summed E-state index contributed by atoms with van der Waals surface area (Å²) < 4.78 is 11.9. The molecule has 4 atom stereocenters. The van der Waals surface area contributed by atoms with Crippen LogP contribution in [0.15, 0.2) is 0 Å². The van der Waals surface area contributed by atoms with Crippen molar-refractivity contribution in [1.29, 1.82) is 0 Å². The van der Waals surface area contributed by atoms with Gasteiger partial charge in [0.05, 0.1) is 0 Å².